The van der Waals surface area contributed by atoms with Crippen molar-refractivity contribution >= 4 is 5.91 Å². The Morgan fingerprint density at radius 3 is 2.28 bits per heavy atom. The number of nitrogens with one attached hydrogen (secondary N) is 1. The highest BCUT2D eigenvalue weighted by atomic mass is 16.5. The third kappa shape index (κ3) is 9.42. The molecule has 4 heteroatoms. The van der Waals surface area contributed by atoms with Crippen LogP contribution in [0.3, 0.4) is 0 Å². The quantitative estimate of drug-likeness (QED) is 0.735. The molecule has 0 saturated heterocycles. The van der Waals surface area contributed by atoms with Crippen LogP contribution >= 0.6 is 0 Å². The van der Waals surface area contributed by atoms with E-state index >= 15 is 0 Å². The van der Waals surface area contributed by atoms with Crippen molar-refractivity contribution in [3.8, 4) is 0 Å². The van der Waals surface area contributed by atoms with Gasteiger partial charge in [0.1, 0.15) is 0 Å². The maximum Gasteiger partial charge on any atom is 0.221 e. The molecule has 3 N–H and O–H groups in total. The molecule has 4 nitrogen and oxygen atoms in total. The Bertz CT molecular complexity index is 257. The molecule has 0 heterocycles. The molecule has 0 aliphatic heterocycles. The van der Waals surface area contributed by atoms with Crippen molar-refractivity contribution in [2.45, 2.75) is 66.0 Å². The maximum atomic E-state index is 11.7. The lowest BCUT2D eigenvalue weighted by Gasteiger charge is -2.26. The molecule has 0 saturated carbocycles. The zero-order chi connectivity index (χ0) is 14.4. The minimum Gasteiger partial charge on any atom is -0.374 e. The van der Waals surface area contributed by atoms with Crippen LogP contribution in [-0.4, -0.2) is 30.7 Å². The SMILES string of the molecule is CCOC(C)(C)CNC(=O)CC(N)CC(C)(C)C. The molecular formula is C14H30N2O2. The van der Waals surface area contributed by atoms with Gasteiger partial charge in [-0.05, 0) is 32.6 Å². The first-order valence-electron chi connectivity index (χ1n) is 6.72. The van der Waals surface area contributed by atoms with Crippen LogP contribution in [-0.2, 0) is 9.53 Å². The Balaban J connectivity index is 3.98. The van der Waals surface area contributed by atoms with Crippen molar-refractivity contribution in [1.82, 2.24) is 5.32 Å². The number of rotatable bonds is 7. The second kappa shape index (κ2) is 7.10. The van der Waals surface area contributed by atoms with Gasteiger partial charge in [0.15, 0.2) is 0 Å². The van der Waals surface area contributed by atoms with Crippen LogP contribution in [0.15, 0.2) is 0 Å². The van der Waals surface area contributed by atoms with E-state index in [4.69, 9.17) is 10.5 Å². The summed E-state index contributed by atoms with van der Waals surface area (Å²) in [5, 5.41) is 2.88. The standard InChI is InChI=1S/C14H30N2O2/c1-7-18-14(5,6)10-16-12(17)8-11(15)9-13(2,3)4/h11H,7-10,15H2,1-6H3,(H,16,17). The van der Waals surface area contributed by atoms with Crippen LogP contribution in [0.4, 0.5) is 0 Å². The van der Waals surface area contributed by atoms with E-state index in [1.165, 1.54) is 0 Å². The Kier molecular flexibility index (Phi) is 6.86. The van der Waals surface area contributed by atoms with Gasteiger partial charge in [0.2, 0.25) is 5.91 Å². The van der Waals surface area contributed by atoms with Gasteiger partial charge in [-0.15, -0.1) is 0 Å². The van der Waals surface area contributed by atoms with E-state index in [0.29, 0.717) is 19.6 Å². The van der Waals surface area contributed by atoms with Crippen molar-refractivity contribution in [3.05, 3.63) is 0 Å². The van der Waals surface area contributed by atoms with Gasteiger partial charge in [0, 0.05) is 25.6 Å². The molecule has 0 spiro atoms. The number of carbonyl (C=O) groups excluding carboxylic acids is 1. The van der Waals surface area contributed by atoms with Gasteiger partial charge >= 0.3 is 0 Å². The molecule has 0 aromatic carbocycles. The molecule has 0 aliphatic carbocycles. The fourth-order valence-corrected chi connectivity index (χ4v) is 1.92. The van der Waals surface area contributed by atoms with Crippen LogP contribution in [0.1, 0.15) is 54.4 Å². The fourth-order valence-electron chi connectivity index (χ4n) is 1.92. The third-order valence-corrected chi connectivity index (χ3v) is 2.57. The van der Waals surface area contributed by atoms with Crippen molar-refractivity contribution in [3.63, 3.8) is 0 Å². The minimum atomic E-state index is -0.321. The lowest BCUT2D eigenvalue weighted by molar-refractivity contribution is -0.123. The Morgan fingerprint density at radius 2 is 1.83 bits per heavy atom. The Morgan fingerprint density at radius 1 is 1.28 bits per heavy atom. The molecule has 18 heavy (non-hydrogen) atoms. The van der Waals surface area contributed by atoms with E-state index in [1.54, 1.807) is 0 Å². The minimum absolute atomic E-state index is 0.000437. The van der Waals surface area contributed by atoms with E-state index in [9.17, 15) is 4.79 Å². The summed E-state index contributed by atoms with van der Waals surface area (Å²) in [6.45, 7) is 13.4. The molecule has 0 bridgehead atoms. The van der Waals surface area contributed by atoms with Gasteiger partial charge in [-0.1, -0.05) is 20.8 Å². The molecule has 0 aromatic heterocycles. The molecule has 1 unspecified atom stereocenters. The highest BCUT2D eigenvalue weighted by Crippen LogP contribution is 2.20. The third-order valence-electron chi connectivity index (χ3n) is 2.57. The first-order chi connectivity index (χ1) is 8.06. The summed E-state index contributed by atoms with van der Waals surface area (Å²) in [5.74, 6) is -0.000437. The molecular weight excluding hydrogens is 228 g/mol. The predicted molar refractivity (Wildman–Crippen MR) is 75.4 cm³/mol. The average molecular weight is 258 g/mol. The summed E-state index contributed by atoms with van der Waals surface area (Å²) in [7, 11) is 0. The molecule has 0 aliphatic rings. The lowest BCUT2D eigenvalue weighted by Crippen LogP contribution is -2.42. The molecule has 0 radical (unpaired) electrons. The van der Waals surface area contributed by atoms with E-state index in [2.05, 4.69) is 26.1 Å². The molecule has 0 aromatic rings. The second-order valence-electron chi connectivity index (χ2n) is 6.70. The summed E-state index contributed by atoms with van der Waals surface area (Å²) in [4.78, 5) is 11.7. The highest BCUT2D eigenvalue weighted by molar-refractivity contribution is 5.76. The van der Waals surface area contributed by atoms with E-state index in [-0.39, 0.29) is 23.0 Å². The zero-order valence-corrected chi connectivity index (χ0v) is 12.8. The van der Waals surface area contributed by atoms with Crippen LogP contribution in [0.25, 0.3) is 0 Å². The van der Waals surface area contributed by atoms with Gasteiger partial charge in [0.05, 0.1) is 5.60 Å². The fraction of sp³-hybridized carbons (Fsp3) is 0.929. The first kappa shape index (κ1) is 17.4. The first-order valence-corrected chi connectivity index (χ1v) is 6.72. The summed E-state index contributed by atoms with van der Waals surface area (Å²) in [6.07, 6.45) is 1.22. The van der Waals surface area contributed by atoms with Crippen molar-refractivity contribution in [2.24, 2.45) is 11.1 Å². The van der Waals surface area contributed by atoms with Crippen LogP contribution < -0.4 is 11.1 Å². The van der Waals surface area contributed by atoms with Crippen LogP contribution in [0, 0.1) is 5.41 Å². The largest absolute Gasteiger partial charge is 0.374 e. The van der Waals surface area contributed by atoms with Crippen molar-refractivity contribution < 1.29 is 9.53 Å². The summed E-state index contributed by atoms with van der Waals surface area (Å²) < 4.78 is 5.52. The van der Waals surface area contributed by atoms with Crippen molar-refractivity contribution in [2.75, 3.05) is 13.2 Å². The van der Waals surface area contributed by atoms with Crippen LogP contribution in [0.2, 0.25) is 0 Å². The average Bonchev–Trinajstić information content (AvgIpc) is 2.11. The van der Waals surface area contributed by atoms with Gasteiger partial charge in [-0.2, -0.15) is 0 Å². The number of hydrogen-bond acceptors (Lipinski definition) is 3. The maximum absolute atomic E-state index is 11.7. The van der Waals surface area contributed by atoms with Gasteiger partial charge in [0.25, 0.3) is 0 Å². The number of hydrogen-bond donors (Lipinski definition) is 2. The monoisotopic (exact) mass is 258 g/mol. The molecule has 0 rings (SSSR count). The Hall–Kier alpha value is -0.610. The summed E-state index contributed by atoms with van der Waals surface area (Å²) in [6, 6.07) is -0.0831. The van der Waals surface area contributed by atoms with E-state index in [1.807, 2.05) is 20.8 Å². The second-order valence-corrected chi connectivity index (χ2v) is 6.70. The number of nitrogens with two attached hydrogens (primary N) is 1. The topological polar surface area (TPSA) is 64.3 Å². The molecule has 1 atom stereocenters. The molecule has 1 amide bonds. The van der Waals surface area contributed by atoms with E-state index < -0.39 is 0 Å². The smallest absolute Gasteiger partial charge is 0.221 e. The number of carbonyl (C=O) groups is 1. The van der Waals surface area contributed by atoms with E-state index in [0.717, 1.165) is 6.42 Å². The highest BCUT2D eigenvalue weighted by Gasteiger charge is 2.21. The van der Waals surface area contributed by atoms with Crippen molar-refractivity contribution in [1.29, 1.82) is 0 Å². The lowest BCUT2D eigenvalue weighted by atomic mass is 9.87. The summed E-state index contributed by atoms with van der Waals surface area (Å²) in [5.41, 5.74) is 5.80. The summed E-state index contributed by atoms with van der Waals surface area (Å²) >= 11 is 0. The normalized spacial score (nSPS) is 14.4. The van der Waals surface area contributed by atoms with Gasteiger partial charge < -0.3 is 15.8 Å². The zero-order valence-electron chi connectivity index (χ0n) is 12.8. The Labute approximate surface area is 112 Å². The van der Waals surface area contributed by atoms with Gasteiger partial charge in [-0.25, -0.2) is 0 Å². The number of ether oxygens (including phenoxy) is 1. The van der Waals surface area contributed by atoms with Gasteiger partial charge in [-0.3, -0.25) is 4.79 Å². The molecule has 0 fully saturated rings. The molecule has 108 valence electrons. The number of amides is 1. The predicted octanol–water partition coefficient (Wildman–Crippen LogP) is 2.07. The van der Waals surface area contributed by atoms with Crippen LogP contribution in [0.5, 0.6) is 0 Å².